The van der Waals surface area contributed by atoms with Crippen molar-refractivity contribution >= 4 is 41.2 Å². The molecule has 25 heavy (non-hydrogen) atoms. The van der Waals surface area contributed by atoms with Gasteiger partial charge in [-0.05, 0) is 48.4 Å². The first-order valence-corrected chi connectivity index (χ1v) is 7.71. The number of nitrogens with zero attached hydrogens (tertiary/aromatic N) is 1. The van der Waals surface area contributed by atoms with Gasteiger partial charge >= 0.3 is 6.03 Å². The lowest BCUT2D eigenvalue weighted by Crippen LogP contribution is -2.54. The van der Waals surface area contributed by atoms with Crippen LogP contribution in [0.2, 0.25) is 5.02 Å². The molecule has 2 aromatic rings. The van der Waals surface area contributed by atoms with E-state index in [4.69, 9.17) is 11.6 Å². The van der Waals surface area contributed by atoms with Crippen LogP contribution < -0.4 is 10.2 Å². The number of amides is 4. The topological polar surface area (TPSA) is 86.7 Å². The zero-order valence-corrected chi connectivity index (χ0v) is 13.9. The maximum absolute atomic E-state index is 12.8. The molecule has 1 aliphatic rings. The molecule has 7 heteroatoms. The average molecular weight is 357 g/mol. The Bertz CT molecular complexity index is 919. The predicted molar refractivity (Wildman–Crippen MR) is 93.3 cm³/mol. The number of carbonyl (C=O) groups excluding carboxylic acids is 3. The molecule has 1 saturated heterocycles. The number of urea groups is 1. The molecule has 0 radical (unpaired) electrons. The van der Waals surface area contributed by atoms with Gasteiger partial charge in [0.15, 0.2) is 0 Å². The molecule has 2 aromatic carbocycles. The number of rotatable bonds is 2. The minimum absolute atomic E-state index is 0.0629. The van der Waals surface area contributed by atoms with Gasteiger partial charge in [-0.25, -0.2) is 9.69 Å². The SMILES string of the molecule is Cc1ccc(Cl)cc1N1C(=O)NC(=O)/C(=C\c2ccc(O)cc2)C1=O. The van der Waals surface area contributed by atoms with Crippen molar-refractivity contribution in [1.29, 1.82) is 0 Å². The molecule has 0 atom stereocenters. The summed E-state index contributed by atoms with van der Waals surface area (Å²) in [7, 11) is 0. The Morgan fingerprint density at radius 2 is 1.76 bits per heavy atom. The van der Waals surface area contributed by atoms with E-state index in [9.17, 15) is 19.5 Å². The summed E-state index contributed by atoms with van der Waals surface area (Å²) < 4.78 is 0. The summed E-state index contributed by atoms with van der Waals surface area (Å²) in [6.45, 7) is 1.73. The van der Waals surface area contributed by atoms with Crippen LogP contribution in [0, 0.1) is 6.92 Å². The molecule has 0 unspecified atom stereocenters. The molecule has 0 spiro atoms. The van der Waals surface area contributed by atoms with Gasteiger partial charge in [-0.15, -0.1) is 0 Å². The number of carbonyl (C=O) groups is 3. The van der Waals surface area contributed by atoms with E-state index >= 15 is 0 Å². The molecule has 4 amide bonds. The van der Waals surface area contributed by atoms with E-state index in [0.29, 0.717) is 21.8 Å². The van der Waals surface area contributed by atoms with Gasteiger partial charge in [-0.1, -0.05) is 29.8 Å². The monoisotopic (exact) mass is 356 g/mol. The van der Waals surface area contributed by atoms with E-state index in [-0.39, 0.29) is 11.3 Å². The molecule has 1 fully saturated rings. The van der Waals surface area contributed by atoms with Crippen LogP contribution in [0.4, 0.5) is 10.5 Å². The highest BCUT2D eigenvalue weighted by Gasteiger charge is 2.37. The zero-order valence-electron chi connectivity index (χ0n) is 13.1. The van der Waals surface area contributed by atoms with Gasteiger partial charge in [0.25, 0.3) is 11.8 Å². The standard InChI is InChI=1S/C18H13ClN2O4/c1-10-2-5-12(19)9-15(10)21-17(24)14(16(23)20-18(21)25)8-11-3-6-13(22)7-4-11/h2-9,22H,1H3,(H,20,23,25)/b14-8+. The Balaban J connectivity index is 2.05. The van der Waals surface area contributed by atoms with Gasteiger partial charge in [-0.2, -0.15) is 0 Å². The van der Waals surface area contributed by atoms with Crippen LogP contribution in [0.25, 0.3) is 6.08 Å². The summed E-state index contributed by atoms with van der Waals surface area (Å²) in [5.41, 5.74) is 1.31. The largest absolute Gasteiger partial charge is 0.508 e. The zero-order chi connectivity index (χ0) is 18.1. The summed E-state index contributed by atoms with van der Waals surface area (Å²) in [6.07, 6.45) is 1.36. The van der Waals surface area contributed by atoms with E-state index in [1.807, 2.05) is 0 Å². The summed E-state index contributed by atoms with van der Waals surface area (Å²) >= 11 is 5.97. The minimum atomic E-state index is -0.830. The minimum Gasteiger partial charge on any atom is -0.508 e. The number of hydrogen-bond acceptors (Lipinski definition) is 4. The Morgan fingerprint density at radius 3 is 2.44 bits per heavy atom. The van der Waals surface area contributed by atoms with Crippen LogP contribution in [-0.4, -0.2) is 23.0 Å². The molecule has 126 valence electrons. The second kappa shape index (κ2) is 6.41. The number of aromatic hydroxyl groups is 1. The molecule has 6 nitrogen and oxygen atoms in total. The first kappa shape index (κ1) is 16.7. The number of imide groups is 2. The normalized spacial score (nSPS) is 16.3. The second-order valence-corrected chi connectivity index (χ2v) is 5.92. The van der Waals surface area contributed by atoms with Crippen molar-refractivity contribution < 1.29 is 19.5 Å². The lowest BCUT2D eigenvalue weighted by Gasteiger charge is -2.27. The lowest BCUT2D eigenvalue weighted by atomic mass is 10.1. The van der Waals surface area contributed by atoms with Gasteiger partial charge < -0.3 is 5.11 Å². The Morgan fingerprint density at radius 1 is 1.08 bits per heavy atom. The molecule has 2 N–H and O–H groups in total. The van der Waals surface area contributed by atoms with E-state index in [1.165, 1.54) is 24.3 Å². The summed E-state index contributed by atoms with van der Waals surface area (Å²) in [6, 6.07) is 9.94. The van der Waals surface area contributed by atoms with Crippen LogP contribution in [0.15, 0.2) is 48.0 Å². The van der Waals surface area contributed by atoms with Crippen molar-refractivity contribution in [1.82, 2.24) is 5.32 Å². The first-order chi connectivity index (χ1) is 11.9. The van der Waals surface area contributed by atoms with E-state index in [1.54, 1.807) is 31.2 Å². The smallest absolute Gasteiger partial charge is 0.335 e. The van der Waals surface area contributed by atoms with Crippen LogP contribution in [-0.2, 0) is 9.59 Å². The van der Waals surface area contributed by atoms with Crippen molar-refractivity contribution in [2.45, 2.75) is 6.92 Å². The number of phenolic OH excluding ortho intramolecular Hbond substituents is 1. The Labute approximate surface area is 148 Å². The summed E-state index contributed by atoms with van der Waals surface area (Å²) in [5.74, 6) is -1.46. The van der Waals surface area contributed by atoms with Crippen molar-refractivity contribution in [3.05, 3.63) is 64.2 Å². The van der Waals surface area contributed by atoms with Crippen LogP contribution in [0.1, 0.15) is 11.1 Å². The number of nitrogens with one attached hydrogen (secondary N) is 1. The molecule has 0 aromatic heterocycles. The van der Waals surface area contributed by atoms with Crippen molar-refractivity contribution in [2.75, 3.05) is 4.90 Å². The van der Waals surface area contributed by atoms with Gasteiger partial charge in [0.2, 0.25) is 0 Å². The molecule has 0 bridgehead atoms. The van der Waals surface area contributed by atoms with Crippen molar-refractivity contribution in [3.63, 3.8) is 0 Å². The van der Waals surface area contributed by atoms with Crippen LogP contribution >= 0.6 is 11.6 Å². The van der Waals surface area contributed by atoms with Crippen molar-refractivity contribution in [2.24, 2.45) is 0 Å². The third-order valence-corrected chi connectivity index (χ3v) is 3.95. The third-order valence-electron chi connectivity index (χ3n) is 3.72. The molecular formula is C18H13ClN2O4. The molecule has 0 saturated carbocycles. The maximum Gasteiger partial charge on any atom is 0.335 e. The molecule has 3 rings (SSSR count). The quantitative estimate of drug-likeness (QED) is 0.639. The summed E-state index contributed by atoms with van der Waals surface area (Å²) in [4.78, 5) is 37.9. The Kier molecular flexibility index (Phi) is 4.29. The number of aryl methyl sites for hydroxylation is 1. The van der Waals surface area contributed by atoms with Gasteiger partial charge in [0.05, 0.1) is 5.69 Å². The highest BCUT2D eigenvalue weighted by atomic mass is 35.5. The number of phenols is 1. The highest BCUT2D eigenvalue weighted by Crippen LogP contribution is 2.28. The third kappa shape index (κ3) is 3.25. The fourth-order valence-corrected chi connectivity index (χ4v) is 2.60. The number of anilines is 1. The van der Waals surface area contributed by atoms with E-state index in [2.05, 4.69) is 5.32 Å². The highest BCUT2D eigenvalue weighted by molar-refractivity contribution is 6.39. The van der Waals surface area contributed by atoms with E-state index < -0.39 is 17.8 Å². The summed E-state index contributed by atoms with van der Waals surface area (Å²) in [5, 5.41) is 11.8. The average Bonchev–Trinajstić information content (AvgIpc) is 2.56. The van der Waals surface area contributed by atoms with Crippen LogP contribution in [0.5, 0.6) is 5.75 Å². The molecular weight excluding hydrogens is 344 g/mol. The first-order valence-electron chi connectivity index (χ1n) is 7.33. The van der Waals surface area contributed by atoms with Crippen molar-refractivity contribution in [3.8, 4) is 5.75 Å². The van der Waals surface area contributed by atoms with Crippen LogP contribution in [0.3, 0.4) is 0 Å². The Hall–Kier alpha value is -3.12. The second-order valence-electron chi connectivity index (χ2n) is 5.48. The van der Waals surface area contributed by atoms with Gasteiger partial charge in [0.1, 0.15) is 11.3 Å². The van der Waals surface area contributed by atoms with Gasteiger partial charge in [-0.3, -0.25) is 14.9 Å². The number of benzene rings is 2. The number of hydrogen-bond donors (Lipinski definition) is 2. The fraction of sp³-hybridized carbons (Fsp3) is 0.0556. The molecule has 1 aliphatic heterocycles. The fourth-order valence-electron chi connectivity index (χ4n) is 2.44. The lowest BCUT2D eigenvalue weighted by molar-refractivity contribution is -0.122. The molecule has 1 heterocycles. The predicted octanol–water partition coefficient (Wildman–Crippen LogP) is 3.02. The number of barbiturate groups is 1. The van der Waals surface area contributed by atoms with Gasteiger partial charge in [0, 0.05) is 5.02 Å². The molecule has 0 aliphatic carbocycles. The van der Waals surface area contributed by atoms with E-state index in [0.717, 1.165) is 4.90 Å². The maximum atomic E-state index is 12.8. The number of halogens is 1.